The summed E-state index contributed by atoms with van der Waals surface area (Å²) < 4.78 is 4.99. The number of carbonyl (C=O) groups excluding carboxylic acids is 3. The molecule has 27 heavy (non-hydrogen) atoms. The van der Waals surface area contributed by atoms with E-state index in [1.165, 1.54) is 0 Å². The van der Waals surface area contributed by atoms with Crippen molar-refractivity contribution in [2.45, 2.75) is 6.92 Å². The summed E-state index contributed by atoms with van der Waals surface area (Å²) in [5.74, 6) is -0.129. The standard InChI is InChI=1S/C18H25N5O4/c1-2-27-18(26)23-11-9-22(10-12-23)17(25)16-4-3-15(13-19-16)21-7-5-20(14-24)6-8-21/h3-4,13-14H,2,5-12H2,1H3. The second-order valence-electron chi connectivity index (χ2n) is 6.51. The Labute approximate surface area is 158 Å². The molecule has 9 nitrogen and oxygen atoms in total. The van der Waals surface area contributed by atoms with E-state index in [1.54, 1.807) is 33.9 Å². The summed E-state index contributed by atoms with van der Waals surface area (Å²) in [5, 5.41) is 0. The third-order valence-electron chi connectivity index (χ3n) is 4.89. The average Bonchev–Trinajstić information content (AvgIpc) is 2.74. The van der Waals surface area contributed by atoms with Crippen LogP contribution in [-0.4, -0.2) is 97.1 Å². The van der Waals surface area contributed by atoms with E-state index in [1.807, 2.05) is 6.07 Å². The van der Waals surface area contributed by atoms with Gasteiger partial charge in [0.2, 0.25) is 6.41 Å². The van der Waals surface area contributed by atoms with Gasteiger partial charge >= 0.3 is 6.09 Å². The quantitative estimate of drug-likeness (QED) is 0.703. The number of nitrogens with zero attached hydrogens (tertiary/aromatic N) is 5. The van der Waals surface area contributed by atoms with Gasteiger partial charge in [-0.3, -0.25) is 9.59 Å². The number of anilines is 1. The largest absolute Gasteiger partial charge is 0.450 e. The number of hydrogen-bond donors (Lipinski definition) is 0. The number of rotatable bonds is 4. The van der Waals surface area contributed by atoms with Crippen molar-refractivity contribution in [3.8, 4) is 0 Å². The molecule has 0 atom stereocenters. The molecule has 9 heteroatoms. The summed E-state index contributed by atoms with van der Waals surface area (Å²) in [7, 11) is 0. The van der Waals surface area contributed by atoms with Crippen molar-refractivity contribution in [2.75, 3.05) is 63.9 Å². The molecule has 0 aliphatic carbocycles. The minimum absolute atomic E-state index is 0.129. The third-order valence-corrected chi connectivity index (χ3v) is 4.89. The normalized spacial score (nSPS) is 17.7. The number of aromatic nitrogens is 1. The molecule has 3 rings (SSSR count). The first kappa shape index (κ1) is 18.9. The summed E-state index contributed by atoms with van der Waals surface area (Å²) in [6, 6.07) is 3.63. The molecule has 0 N–H and O–H groups in total. The van der Waals surface area contributed by atoms with E-state index < -0.39 is 0 Å². The molecule has 3 heterocycles. The van der Waals surface area contributed by atoms with E-state index >= 15 is 0 Å². The minimum atomic E-state index is -0.332. The molecule has 2 saturated heterocycles. The fraction of sp³-hybridized carbons (Fsp3) is 0.556. The van der Waals surface area contributed by atoms with Gasteiger partial charge in [0, 0.05) is 52.4 Å². The summed E-state index contributed by atoms with van der Waals surface area (Å²) >= 11 is 0. The fourth-order valence-electron chi connectivity index (χ4n) is 3.25. The van der Waals surface area contributed by atoms with E-state index in [9.17, 15) is 14.4 Å². The molecule has 2 fully saturated rings. The molecule has 2 aliphatic heterocycles. The van der Waals surface area contributed by atoms with E-state index in [-0.39, 0.29) is 12.0 Å². The molecular formula is C18H25N5O4. The maximum Gasteiger partial charge on any atom is 0.409 e. The second kappa shape index (κ2) is 8.70. The Balaban J connectivity index is 1.54. The molecule has 1 aromatic heterocycles. The van der Waals surface area contributed by atoms with Crippen LogP contribution in [0.4, 0.5) is 10.5 Å². The Kier molecular flexibility index (Phi) is 6.10. The molecule has 0 bridgehead atoms. The minimum Gasteiger partial charge on any atom is -0.450 e. The van der Waals surface area contributed by atoms with Crippen LogP contribution in [0.3, 0.4) is 0 Å². The van der Waals surface area contributed by atoms with Crippen LogP contribution in [-0.2, 0) is 9.53 Å². The Hall–Kier alpha value is -2.84. The average molecular weight is 375 g/mol. The topological polar surface area (TPSA) is 86.3 Å². The van der Waals surface area contributed by atoms with Crippen LogP contribution >= 0.6 is 0 Å². The predicted molar refractivity (Wildman–Crippen MR) is 98.6 cm³/mol. The summed E-state index contributed by atoms with van der Waals surface area (Å²) in [5.41, 5.74) is 1.35. The monoisotopic (exact) mass is 375 g/mol. The zero-order chi connectivity index (χ0) is 19.2. The highest BCUT2D eigenvalue weighted by Crippen LogP contribution is 2.16. The predicted octanol–water partition coefficient (Wildman–Crippen LogP) is 0.274. The van der Waals surface area contributed by atoms with Crippen molar-refractivity contribution < 1.29 is 19.1 Å². The highest BCUT2D eigenvalue weighted by atomic mass is 16.6. The van der Waals surface area contributed by atoms with Crippen molar-refractivity contribution in [2.24, 2.45) is 0 Å². The maximum absolute atomic E-state index is 12.6. The van der Waals surface area contributed by atoms with Crippen LogP contribution in [0, 0.1) is 0 Å². The van der Waals surface area contributed by atoms with Gasteiger partial charge < -0.3 is 24.3 Å². The lowest BCUT2D eigenvalue weighted by molar-refractivity contribution is -0.118. The van der Waals surface area contributed by atoms with Crippen molar-refractivity contribution in [3.05, 3.63) is 24.0 Å². The number of hydrogen-bond acceptors (Lipinski definition) is 6. The summed E-state index contributed by atoms with van der Waals surface area (Å²) in [6.45, 7) is 6.86. The van der Waals surface area contributed by atoms with Gasteiger partial charge in [-0.05, 0) is 19.1 Å². The molecular weight excluding hydrogens is 350 g/mol. The van der Waals surface area contributed by atoms with Gasteiger partial charge in [0.1, 0.15) is 5.69 Å². The maximum atomic E-state index is 12.6. The fourth-order valence-corrected chi connectivity index (χ4v) is 3.25. The van der Waals surface area contributed by atoms with Crippen molar-refractivity contribution >= 4 is 24.1 Å². The van der Waals surface area contributed by atoms with Crippen LogP contribution < -0.4 is 4.90 Å². The lowest BCUT2D eigenvalue weighted by atomic mass is 10.2. The molecule has 0 spiro atoms. The number of piperazine rings is 2. The Morgan fingerprint density at radius 3 is 2.26 bits per heavy atom. The summed E-state index contributed by atoms with van der Waals surface area (Å²) in [4.78, 5) is 46.7. The van der Waals surface area contributed by atoms with Gasteiger partial charge in [0.15, 0.2) is 0 Å². The van der Waals surface area contributed by atoms with Crippen LogP contribution in [0.15, 0.2) is 18.3 Å². The van der Waals surface area contributed by atoms with Crippen LogP contribution in [0.1, 0.15) is 17.4 Å². The van der Waals surface area contributed by atoms with Gasteiger partial charge in [0.25, 0.3) is 5.91 Å². The Bertz CT molecular complexity index is 665. The molecule has 0 radical (unpaired) electrons. The van der Waals surface area contributed by atoms with Crippen molar-refractivity contribution in [1.29, 1.82) is 0 Å². The van der Waals surface area contributed by atoms with Crippen LogP contribution in [0.25, 0.3) is 0 Å². The van der Waals surface area contributed by atoms with E-state index in [2.05, 4.69) is 9.88 Å². The van der Waals surface area contributed by atoms with E-state index in [4.69, 9.17) is 4.74 Å². The van der Waals surface area contributed by atoms with Crippen LogP contribution in [0.2, 0.25) is 0 Å². The van der Waals surface area contributed by atoms with Crippen molar-refractivity contribution in [1.82, 2.24) is 19.7 Å². The number of ether oxygens (including phenoxy) is 1. The molecule has 0 saturated carbocycles. The first-order valence-corrected chi connectivity index (χ1v) is 9.23. The van der Waals surface area contributed by atoms with Gasteiger partial charge in [-0.1, -0.05) is 0 Å². The Morgan fingerprint density at radius 2 is 1.70 bits per heavy atom. The first-order valence-electron chi connectivity index (χ1n) is 9.23. The van der Waals surface area contributed by atoms with Gasteiger partial charge in [-0.15, -0.1) is 0 Å². The second-order valence-corrected chi connectivity index (χ2v) is 6.51. The molecule has 2 aliphatic rings. The number of amides is 3. The van der Waals surface area contributed by atoms with E-state index in [0.717, 1.165) is 25.2 Å². The molecule has 0 aromatic carbocycles. The van der Waals surface area contributed by atoms with Gasteiger partial charge in [0.05, 0.1) is 18.5 Å². The first-order chi connectivity index (χ1) is 13.1. The van der Waals surface area contributed by atoms with Crippen molar-refractivity contribution in [3.63, 3.8) is 0 Å². The molecule has 1 aromatic rings. The Morgan fingerprint density at radius 1 is 1.04 bits per heavy atom. The molecule has 3 amide bonds. The van der Waals surface area contributed by atoms with E-state index in [0.29, 0.717) is 51.6 Å². The molecule has 146 valence electrons. The lowest BCUT2D eigenvalue weighted by Gasteiger charge is -2.34. The lowest BCUT2D eigenvalue weighted by Crippen LogP contribution is -2.50. The van der Waals surface area contributed by atoms with Gasteiger partial charge in [-0.25, -0.2) is 9.78 Å². The molecule has 0 unspecified atom stereocenters. The number of pyridine rings is 1. The highest BCUT2D eigenvalue weighted by Gasteiger charge is 2.26. The zero-order valence-corrected chi connectivity index (χ0v) is 15.5. The number of carbonyl (C=O) groups is 3. The van der Waals surface area contributed by atoms with Crippen LogP contribution in [0.5, 0.6) is 0 Å². The van der Waals surface area contributed by atoms with Gasteiger partial charge in [-0.2, -0.15) is 0 Å². The third kappa shape index (κ3) is 4.47. The highest BCUT2D eigenvalue weighted by molar-refractivity contribution is 5.92. The summed E-state index contributed by atoms with van der Waals surface area (Å²) in [6.07, 6.45) is 2.25. The smallest absolute Gasteiger partial charge is 0.409 e. The zero-order valence-electron chi connectivity index (χ0n) is 15.5. The SMILES string of the molecule is CCOC(=O)N1CCN(C(=O)c2ccc(N3CCN(C=O)CC3)cn2)CC1.